The van der Waals surface area contributed by atoms with Gasteiger partial charge in [0.15, 0.2) is 0 Å². The van der Waals surface area contributed by atoms with Crippen LogP contribution in [-0.4, -0.2) is 41.5 Å². The highest BCUT2D eigenvalue weighted by molar-refractivity contribution is 7.89. The van der Waals surface area contributed by atoms with Gasteiger partial charge in [0.2, 0.25) is 10.0 Å². The smallest absolute Gasteiger partial charge is 0.262 e. The molecule has 2 aromatic heterocycles. The molecular weight excluding hydrogens is 502 g/mol. The largest absolute Gasteiger partial charge is 0.467 e. The van der Waals surface area contributed by atoms with Gasteiger partial charge in [-0.25, -0.2) is 13.1 Å². The second-order valence-corrected chi connectivity index (χ2v) is 10.7. The molecule has 9 nitrogen and oxygen atoms in total. The van der Waals surface area contributed by atoms with Crippen molar-refractivity contribution in [3.63, 3.8) is 0 Å². The summed E-state index contributed by atoms with van der Waals surface area (Å²) in [6.45, 7) is 1.14. The molecule has 192 valence electrons. The molecule has 4 aromatic rings. The molecule has 1 aliphatic rings. The van der Waals surface area contributed by atoms with Gasteiger partial charge in [-0.1, -0.05) is 30.3 Å². The van der Waals surface area contributed by atoms with E-state index in [1.165, 1.54) is 16.6 Å². The van der Waals surface area contributed by atoms with Gasteiger partial charge in [-0.05, 0) is 55.3 Å². The van der Waals surface area contributed by atoms with E-state index < -0.39 is 15.9 Å². The summed E-state index contributed by atoms with van der Waals surface area (Å²) >= 11 is 0. The first-order valence-corrected chi connectivity index (χ1v) is 13.6. The molecule has 1 N–H and O–H groups in total. The molecular formula is C28H25N5O4S. The lowest BCUT2D eigenvalue weighted by atomic mass is 10.1. The van der Waals surface area contributed by atoms with Crippen LogP contribution in [0.5, 0.6) is 0 Å². The Morgan fingerprint density at radius 1 is 1.08 bits per heavy atom. The van der Waals surface area contributed by atoms with Crippen molar-refractivity contribution in [3.8, 4) is 23.0 Å². The van der Waals surface area contributed by atoms with Gasteiger partial charge >= 0.3 is 0 Å². The molecule has 0 spiro atoms. The lowest BCUT2D eigenvalue weighted by Crippen LogP contribution is -2.27. The number of para-hydroxylation sites is 1. The van der Waals surface area contributed by atoms with E-state index in [-0.39, 0.29) is 17.0 Å². The predicted molar refractivity (Wildman–Crippen MR) is 141 cm³/mol. The predicted octanol–water partition coefficient (Wildman–Crippen LogP) is 4.14. The highest BCUT2D eigenvalue weighted by Crippen LogP contribution is 2.29. The van der Waals surface area contributed by atoms with Crippen LogP contribution in [-0.2, 0) is 21.4 Å². The Labute approximate surface area is 220 Å². The third kappa shape index (κ3) is 5.29. The highest BCUT2D eigenvalue weighted by atomic mass is 32.2. The number of hydrogen-bond acceptors (Lipinski definition) is 6. The average Bonchev–Trinajstić information content (AvgIpc) is 3.73. The first-order valence-electron chi connectivity index (χ1n) is 12.1. The van der Waals surface area contributed by atoms with Gasteiger partial charge in [0, 0.05) is 30.4 Å². The number of aromatic nitrogens is 2. The maximum absolute atomic E-state index is 13.2. The third-order valence-corrected chi connectivity index (χ3v) is 8.14. The number of sulfonamides is 1. The minimum atomic E-state index is -3.64. The summed E-state index contributed by atoms with van der Waals surface area (Å²) in [7, 11) is -3.64. The highest BCUT2D eigenvalue weighted by Gasteiger charge is 2.27. The number of carbonyl (C=O) groups excluding carboxylic acids is 1. The Balaban J connectivity index is 1.54. The van der Waals surface area contributed by atoms with E-state index in [4.69, 9.17) is 9.52 Å². The normalized spacial score (nSPS) is 14.3. The Hall–Kier alpha value is -4.46. The minimum absolute atomic E-state index is 0.119. The summed E-state index contributed by atoms with van der Waals surface area (Å²) in [5, 5.41) is 17.1. The van der Waals surface area contributed by atoms with Crippen LogP contribution < -0.4 is 5.32 Å². The van der Waals surface area contributed by atoms with Crippen molar-refractivity contribution in [1.82, 2.24) is 19.4 Å². The summed E-state index contributed by atoms with van der Waals surface area (Å²) < 4.78 is 34.8. The quantitative estimate of drug-likeness (QED) is 0.272. The molecule has 0 radical (unpaired) electrons. The van der Waals surface area contributed by atoms with E-state index in [2.05, 4.69) is 5.32 Å². The van der Waals surface area contributed by atoms with Gasteiger partial charge in [-0.3, -0.25) is 4.79 Å². The summed E-state index contributed by atoms with van der Waals surface area (Å²) in [5.41, 5.74) is 2.15. The topological polar surface area (TPSA) is 121 Å². The van der Waals surface area contributed by atoms with Crippen molar-refractivity contribution < 1.29 is 17.6 Å². The number of nitrogens with one attached hydrogen (secondary N) is 1. The van der Waals surface area contributed by atoms with Crippen LogP contribution in [0.1, 0.15) is 24.2 Å². The Bertz CT molecular complexity index is 1610. The van der Waals surface area contributed by atoms with Crippen LogP contribution >= 0.6 is 0 Å². The third-order valence-electron chi connectivity index (χ3n) is 6.24. The van der Waals surface area contributed by atoms with Crippen LogP contribution in [0.25, 0.3) is 23.0 Å². The average molecular weight is 528 g/mol. The molecule has 1 amide bonds. The fourth-order valence-corrected chi connectivity index (χ4v) is 5.86. The molecule has 1 saturated heterocycles. The monoisotopic (exact) mass is 527 g/mol. The number of hydrogen-bond donors (Lipinski definition) is 1. The van der Waals surface area contributed by atoms with Crippen LogP contribution in [0.3, 0.4) is 0 Å². The summed E-state index contributed by atoms with van der Waals surface area (Å²) in [4.78, 5) is 13.0. The maximum Gasteiger partial charge on any atom is 0.262 e. The molecule has 2 aromatic carbocycles. The molecule has 1 fully saturated rings. The second-order valence-electron chi connectivity index (χ2n) is 8.78. The molecule has 3 heterocycles. The van der Waals surface area contributed by atoms with Gasteiger partial charge in [0.05, 0.1) is 23.4 Å². The van der Waals surface area contributed by atoms with E-state index in [0.29, 0.717) is 35.7 Å². The van der Waals surface area contributed by atoms with Gasteiger partial charge in [0.1, 0.15) is 23.1 Å². The molecule has 0 bridgehead atoms. The van der Waals surface area contributed by atoms with Crippen molar-refractivity contribution in [2.75, 3.05) is 13.1 Å². The molecule has 1 aliphatic heterocycles. The zero-order valence-corrected chi connectivity index (χ0v) is 21.3. The van der Waals surface area contributed by atoms with E-state index in [1.54, 1.807) is 47.3 Å². The van der Waals surface area contributed by atoms with Crippen molar-refractivity contribution in [2.24, 2.45) is 0 Å². The zero-order chi connectivity index (χ0) is 26.5. The molecule has 0 saturated carbocycles. The summed E-state index contributed by atoms with van der Waals surface area (Å²) in [6, 6.07) is 21.4. The lowest BCUT2D eigenvalue weighted by Gasteiger charge is -2.16. The fraction of sp³-hybridized carbons (Fsp3) is 0.179. The lowest BCUT2D eigenvalue weighted by molar-refractivity contribution is -0.117. The van der Waals surface area contributed by atoms with Crippen molar-refractivity contribution >= 4 is 22.0 Å². The number of carbonyl (C=O) groups is 1. The van der Waals surface area contributed by atoms with Crippen molar-refractivity contribution in [2.45, 2.75) is 24.3 Å². The van der Waals surface area contributed by atoms with Crippen LogP contribution in [0.2, 0.25) is 0 Å². The number of furan rings is 1. The molecule has 0 aliphatic carbocycles. The molecule has 0 atom stereocenters. The standard InChI is InChI=1S/C28H25N5O4S/c29-18-22(28(34)30-19-25-11-7-15-37-25)16-23-20-33(24-9-2-1-3-10-24)31-27(23)21-8-6-12-26(17-21)38(35,36)32-13-4-5-14-32/h1-3,6-12,15-17,20H,4-5,13-14,19H2,(H,30,34). The molecule has 5 rings (SSSR count). The Kier molecular flexibility index (Phi) is 7.22. The number of amides is 1. The number of nitrogens with zero attached hydrogens (tertiary/aromatic N) is 4. The second kappa shape index (κ2) is 10.9. The van der Waals surface area contributed by atoms with E-state index in [9.17, 15) is 18.5 Å². The SMILES string of the molecule is N#CC(=Cc1cn(-c2ccccc2)nc1-c1cccc(S(=O)(=O)N2CCCC2)c1)C(=O)NCc1ccco1. The first kappa shape index (κ1) is 25.2. The van der Waals surface area contributed by atoms with E-state index in [1.807, 2.05) is 36.4 Å². The number of rotatable bonds is 8. The first-order chi connectivity index (χ1) is 18.5. The summed E-state index contributed by atoms with van der Waals surface area (Å²) in [5.74, 6) is -0.00285. The summed E-state index contributed by atoms with van der Waals surface area (Å²) in [6.07, 6.45) is 6.36. The van der Waals surface area contributed by atoms with Crippen LogP contribution in [0.15, 0.2) is 94.1 Å². The van der Waals surface area contributed by atoms with Gasteiger partial charge in [-0.2, -0.15) is 14.7 Å². The Morgan fingerprint density at radius 2 is 1.87 bits per heavy atom. The van der Waals surface area contributed by atoms with Gasteiger partial charge in [0.25, 0.3) is 5.91 Å². The van der Waals surface area contributed by atoms with Gasteiger partial charge < -0.3 is 9.73 Å². The van der Waals surface area contributed by atoms with Crippen LogP contribution in [0, 0.1) is 11.3 Å². The van der Waals surface area contributed by atoms with E-state index in [0.717, 1.165) is 18.5 Å². The van der Waals surface area contributed by atoms with Crippen molar-refractivity contribution in [1.29, 1.82) is 5.26 Å². The molecule has 10 heteroatoms. The van der Waals surface area contributed by atoms with Crippen molar-refractivity contribution in [3.05, 3.63) is 96.1 Å². The van der Waals surface area contributed by atoms with Crippen LogP contribution in [0.4, 0.5) is 0 Å². The van der Waals surface area contributed by atoms with Gasteiger partial charge in [-0.15, -0.1) is 0 Å². The number of nitriles is 1. The molecule has 0 unspecified atom stereocenters. The maximum atomic E-state index is 13.2. The number of benzene rings is 2. The minimum Gasteiger partial charge on any atom is -0.467 e. The zero-order valence-electron chi connectivity index (χ0n) is 20.4. The molecule has 38 heavy (non-hydrogen) atoms. The Morgan fingerprint density at radius 3 is 2.58 bits per heavy atom. The van der Waals surface area contributed by atoms with E-state index >= 15 is 0 Å². The fourth-order valence-electron chi connectivity index (χ4n) is 4.29.